The van der Waals surface area contributed by atoms with E-state index in [0.717, 1.165) is 6.42 Å². The zero-order chi connectivity index (χ0) is 7.70. The van der Waals surface area contributed by atoms with Crippen molar-refractivity contribution in [3.05, 3.63) is 0 Å². The molecule has 0 fully saturated rings. The molecule has 1 N–H and O–H groups in total. The molecule has 0 bridgehead atoms. The first-order chi connectivity index (χ1) is 4.27. The summed E-state index contributed by atoms with van der Waals surface area (Å²) in [5.74, 6) is 0. The van der Waals surface area contributed by atoms with E-state index in [2.05, 4.69) is 0 Å². The summed E-state index contributed by atoms with van der Waals surface area (Å²) < 4.78 is 4.75. The SMILES string of the molecule is CC.CCCOC(C)O. The quantitative estimate of drug-likeness (QED) is 0.596. The van der Waals surface area contributed by atoms with Gasteiger partial charge in [0, 0.05) is 6.61 Å². The van der Waals surface area contributed by atoms with Gasteiger partial charge in [-0.05, 0) is 13.3 Å². The van der Waals surface area contributed by atoms with Crippen LogP contribution in [0.1, 0.15) is 34.1 Å². The Labute approximate surface area is 57.8 Å². The van der Waals surface area contributed by atoms with Gasteiger partial charge in [-0.25, -0.2) is 0 Å². The highest BCUT2D eigenvalue weighted by Gasteiger charge is 1.88. The van der Waals surface area contributed by atoms with Crippen LogP contribution in [0.15, 0.2) is 0 Å². The monoisotopic (exact) mass is 134 g/mol. The number of hydrogen-bond acceptors (Lipinski definition) is 2. The van der Waals surface area contributed by atoms with Gasteiger partial charge in [-0.2, -0.15) is 0 Å². The van der Waals surface area contributed by atoms with Crippen LogP contribution in [0.25, 0.3) is 0 Å². The number of aliphatic hydroxyl groups excluding tert-OH is 1. The Balaban J connectivity index is 0. The first kappa shape index (κ1) is 11.7. The first-order valence-corrected chi connectivity index (χ1v) is 3.57. The molecule has 0 heterocycles. The van der Waals surface area contributed by atoms with E-state index in [0.29, 0.717) is 6.61 Å². The minimum atomic E-state index is -0.597. The molecule has 2 nitrogen and oxygen atoms in total. The van der Waals surface area contributed by atoms with Crippen molar-refractivity contribution in [2.24, 2.45) is 0 Å². The third kappa shape index (κ3) is 18.1. The molecule has 0 aliphatic carbocycles. The number of aliphatic hydroxyl groups is 1. The second-order valence-electron chi connectivity index (χ2n) is 1.47. The Morgan fingerprint density at radius 3 is 2.00 bits per heavy atom. The van der Waals surface area contributed by atoms with Crippen LogP contribution in [0.5, 0.6) is 0 Å². The molecule has 0 aromatic rings. The van der Waals surface area contributed by atoms with Crippen LogP contribution in [0.4, 0.5) is 0 Å². The average molecular weight is 134 g/mol. The van der Waals surface area contributed by atoms with E-state index in [9.17, 15) is 0 Å². The van der Waals surface area contributed by atoms with E-state index in [4.69, 9.17) is 9.84 Å². The molecule has 1 atom stereocenters. The van der Waals surface area contributed by atoms with Crippen molar-refractivity contribution in [1.82, 2.24) is 0 Å². The van der Waals surface area contributed by atoms with Gasteiger partial charge >= 0.3 is 0 Å². The van der Waals surface area contributed by atoms with Crippen molar-refractivity contribution in [3.63, 3.8) is 0 Å². The van der Waals surface area contributed by atoms with Crippen LogP contribution in [0.3, 0.4) is 0 Å². The van der Waals surface area contributed by atoms with E-state index >= 15 is 0 Å². The zero-order valence-electron chi connectivity index (χ0n) is 6.85. The standard InChI is InChI=1S/C5H12O2.C2H6/c1-3-4-7-5(2)6;1-2/h5-6H,3-4H2,1-2H3;1-2H3. The van der Waals surface area contributed by atoms with Crippen LogP contribution < -0.4 is 0 Å². The van der Waals surface area contributed by atoms with E-state index in [1.54, 1.807) is 6.92 Å². The van der Waals surface area contributed by atoms with Gasteiger partial charge in [-0.15, -0.1) is 0 Å². The Bertz CT molecular complexity index is 35.9. The summed E-state index contributed by atoms with van der Waals surface area (Å²) in [6, 6.07) is 0. The van der Waals surface area contributed by atoms with Gasteiger partial charge in [-0.3, -0.25) is 0 Å². The fraction of sp³-hybridized carbons (Fsp3) is 1.00. The summed E-state index contributed by atoms with van der Waals surface area (Å²) in [5, 5.41) is 8.46. The maximum Gasteiger partial charge on any atom is 0.151 e. The summed E-state index contributed by atoms with van der Waals surface area (Å²) in [4.78, 5) is 0. The molecule has 0 saturated carbocycles. The second kappa shape index (κ2) is 10.8. The third-order valence-corrected chi connectivity index (χ3v) is 0.563. The van der Waals surface area contributed by atoms with Crippen LogP contribution in [-0.2, 0) is 4.74 Å². The van der Waals surface area contributed by atoms with Crippen molar-refractivity contribution >= 4 is 0 Å². The predicted octanol–water partition coefficient (Wildman–Crippen LogP) is 1.78. The van der Waals surface area contributed by atoms with E-state index < -0.39 is 6.29 Å². The zero-order valence-corrected chi connectivity index (χ0v) is 6.85. The molecular weight excluding hydrogens is 116 g/mol. The Morgan fingerprint density at radius 2 is 1.89 bits per heavy atom. The highest BCUT2D eigenvalue weighted by Crippen LogP contribution is 1.84. The van der Waals surface area contributed by atoms with E-state index in [1.165, 1.54) is 0 Å². The topological polar surface area (TPSA) is 29.5 Å². The molecular formula is C7H18O2. The lowest BCUT2D eigenvalue weighted by atomic mass is 10.5. The van der Waals surface area contributed by atoms with Crippen LogP contribution in [0.2, 0.25) is 0 Å². The lowest BCUT2D eigenvalue weighted by Crippen LogP contribution is -2.05. The number of rotatable bonds is 3. The number of ether oxygens (including phenoxy) is 1. The summed E-state index contributed by atoms with van der Waals surface area (Å²) >= 11 is 0. The van der Waals surface area contributed by atoms with Crippen LogP contribution in [-0.4, -0.2) is 18.0 Å². The number of hydrogen-bond donors (Lipinski definition) is 1. The molecule has 0 amide bonds. The van der Waals surface area contributed by atoms with Crippen molar-refractivity contribution in [3.8, 4) is 0 Å². The molecule has 9 heavy (non-hydrogen) atoms. The molecule has 0 radical (unpaired) electrons. The second-order valence-corrected chi connectivity index (χ2v) is 1.47. The lowest BCUT2D eigenvalue weighted by molar-refractivity contribution is -0.0846. The molecule has 1 unspecified atom stereocenters. The highest BCUT2D eigenvalue weighted by atomic mass is 16.6. The smallest absolute Gasteiger partial charge is 0.151 e. The maximum atomic E-state index is 8.46. The van der Waals surface area contributed by atoms with Gasteiger partial charge in [-0.1, -0.05) is 20.8 Å². The highest BCUT2D eigenvalue weighted by molar-refractivity contribution is 4.24. The predicted molar refractivity (Wildman–Crippen MR) is 39.3 cm³/mol. The Morgan fingerprint density at radius 1 is 1.44 bits per heavy atom. The molecule has 0 rings (SSSR count). The minimum absolute atomic E-state index is 0.597. The first-order valence-electron chi connectivity index (χ1n) is 3.57. The fourth-order valence-corrected chi connectivity index (χ4v) is 0.288. The van der Waals surface area contributed by atoms with Gasteiger partial charge in [0.05, 0.1) is 0 Å². The van der Waals surface area contributed by atoms with Crippen LogP contribution in [0, 0.1) is 0 Å². The fourth-order valence-electron chi connectivity index (χ4n) is 0.288. The molecule has 0 aliphatic rings. The molecule has 0 spiro atoms. The van der Waals surface area contributed by atoms with Crippen molar-refractivity contribution in [2.45, 2.75) is 40.4 Å². The van der Waals surface area contributed by atoms with E-state index in [-0.39, 0.29) is 0 Å². The Hall–Kier alpha value is -0.0800. The van der Waals surface area contributed by atoms with Gasteiger partial charge < -0.3 is 9.84 Å². The molecule has 58 valence electrons. The minimum Gasteiger partial charge on any atom is -0.368 e. The summed E-state index contributed by atoms with van der Waals surface area (Å²) in [6.07, 6.45) is 0.366. The van der Waals surface area contributed by atoms with Gasteiger partial charge in [0.15, 0.2) is 6.29 Å². The lowest BCUT2D eigenvalue weighted by Gasteiger charge is -2.02. The molecule has 0 aromatic carbocycles. The van der Waals surface area contributed by atoms with Crippen molar-refractivity contribution < 1.29 is 9.84 Å². The van der Waals surface area contributed by atoms with Crippen molar-refractivity contribution in [2.75, 3.05) is 6.61 Å². The third-order valence-electron chi connectivity index (χ3n) is 0.563. The average Bonchev–Trinajstić information content (AvgIpc) is 1.88. The van der Waals surface area contributed by atoms with Gasteiger partial charge in [0.1, 0.15) is 0 Å². The van der Waals surface area contributed by atoms with Gasteiger partial charge in [0.2, 0.25) is 0 Å². The summed E-state index contributed by atoms with van der Waals surface area (Å²) in [7, 11) is 0. The maximum absolute atomic E-state index is 8.46. The molecule has 0 saturated heterocycles. The molecule has 2 heteroatoms. The van der Waals surface area contributed by atoms with Gasteiger partial charge in [0.25, 0.3) is 0 Å². The molecule has 0 aromatic heterocycles. The summed E-state index contributed by atoms with van der Waals surface area (Å²) in [5.41, 5.74) is 0. The van der Waals surface area contributed by atoms with E-state index in [1.807, 2.05) is 20.8 Å². The Kier molecular flexibility index (Phi) is 14.0. The largest absolute Gasteiger partial charge is 0.368 e. The normalized spacial score (nSPS) is 11.7. The summed E-state index contributed by atoms with van der Waals surface area (Å²) in [6.45, 7) is 8.26. The molecule has 0 aliphatic heterocycles. The van der Waals surface area contributed by atoms with Crippen molar-refractivity contribution in [1.29, 1.82) is 0 Å². The van der Waals surface area contributed by atoms with Crippen LogP contribution >= 0.6 is 0 Å².